The summed E-state index contributed by atoms with van der Waals surface area (Å²) in [6.45, 7) is 2.97. The quantitative estimate of drug-likeness (QED) is 0.924. The highest BCUT2D eigenvalue weighted by Gasteiger charge is 2.24. The van der Waals surface area contributed by atoms with Crippen molar-refractivity contribution in [2.24, 2.45) is 5.92 Å². The number of aliphatic hydroxyl groups is 1. The van der Waals surface area contributed by atoms with Crippen molar-refractivity contribution in [2.45, 2.75) is 44.8 Å². The molecule has 0 spiro atoms. The maximum atomic E-state index is 10.4. The third-order valence-corrected chi connectivity index (χ3v) is 4.84. The van der Waals surface area contributed by atoms with Gasteiger partial charge in [-0.05, 0) is 50.8 Å². The minimum absolute atomic E-state index is 0.554. The van der Waals surface area contributed by atoms with E-state index in [9.17, 15) is 5.11 Å². The van der Waals surface area contributed by atoms with Crippen LogP contribution < -0.4 is 0 Å². The first-order chi connectivity index (χ1) is 10.1. The first kappa shape index (κ1) is 14.6. The minimum atomic E-state index is -0.554. The lowest BCUT2D eigenvalue weighted by atomic mass is 9.86. The molecule has 0 amide bonds. The molecule has 1 fully saturated rings. The molecule has 1 heterocycles. The number of rotatable bonds is 4. The van der Waals surface area contributed by atoms with Gasteiger partial charge in [-0.25, -0.2) is 0 Å². The van der Waals surface area contributed by atoms with Crippen LogP contribution in [0.2, 0.25) is 0 Å². The molecule has 1 aromatic heterocycles. The Kier molecular flexibility index (Phi) is 4.32. The predicted molar refractivity (Wildman–Crippen MR) is 85.2 cm³/mol. The van der Waals surface area contributed by atoms with E-state index in [2.05, 4.69) is 18.9 Å². The summed E-state index contributed by atoms with van der Waals surface area (Å²) in [6.07, 6.45) is 4.53. The van der Waals surface area contributed by atoms with Crippen molar-refractivity contribution >= 4 is 11.0 Å². The number of benzene rings is 1. The van der Waals surface area contributed by atoms with Crippen molar-refractivity contribution in [2.75, 3.05) is 13.6 Å². The standard InChI is InChI=1S/C18H25NO2/c1-13-7-9-15(10-8-13)19(2)12-16(20)18-11-14-5-3-4-6-17(14)21-18/h3-6,11,13,15-16,20H,7-10,12H2,1-2H3. The van der Waals surface area contributed by atoms with Gasteiger partial charge in [-0.1, -0.05) is 25.1 Å². The van der Waals surface area contributed by atoms with E-state index in [0.29, 0.717) is 18.3 Å². The zero-order valence-corrected chi connectivity index (χ0v) is 13.0. The largest absolute Gasteiger partial charge is 0.458 e. The van der Waals surface area contributed by atoms with E-state index in [0.717, 1.165) is 16.9 Å². The number of nitrogens with zero attached hydrogens (tertiary/aromatic N) is 1. The lowest BCUT2D eigenvalue weighted by Crippen LogP contribution is -2.37. The van der Waals surface area contributed by atoms with Crippen LogP contribution in [0.4, 0.5) is 0 Å². The zero-order chi connectivity index (χ0) is 14.8. The highest BCUT2D eigenvalue weighted by molar-refractivity contribution is 5.77. The highest BCUT2D eigenvalue weighted by atomic mass is 16.4. The van der Waals surface area contributed by atoms with Gasteiger partial charge in [0.05, 0.1) is 0 Å². The van der Waals surface area contributed by atoms with Crippen LogP contribution in [0.15, 0.2) is 34.7 Å². The third-order valence-electron chi connectivity index (χ3n) is 4.84. The summed E-state index contributed by atoms with van der Waals surface area (Å²) < 4.78 is 5.76. The van der Waals surface area contributed by atoms with Crippen LogP contribution in [-0.4, -0.2) is 29.6 Å². The van der Waals surface area contributed by atoms with Gasteiger partial charge < -0.3 is 14.4 Å². The molecule has 1 N–H and O–H groups in total. The molecule has 0 radical (unpaired) electrons. The van der Waals surface area contributed by atoms with E-state index in [1.54, 1.807) is 0 Å². The summed E-state index contributed by atoms with van der Waals surface area (Å²) >= 11 is 0. The van der Waals surface area contributed by atoms with Crippen molar-refractivity contribution in [3.8, 4) is 0 Å². The molecule has 1 unspecified atom stereocenters. The molecule has 0 aliphatic heterocycles. The molecular formula is C18H25NO2. The Balaban J connectivity index is 1.63. The fourth-order valence-corrected chi connectivity index (χ4v) is 3.36. The summed E-state index contributed by atoms with van der Waals surface area (Å²) in [4.78, 5) is 2.30. The maximum absolute atomic E-state index is 10.4. The molecule has 1 aromatic carbocycles. The number of fused-ring (bicyclic) bond motifs is 1. The Morgan fingerprint density at radius 3 is 2.67 bits per heavy atom. The molecule has 0 saturated heterocycles. The second kappa shape index (κ2) is 6.20. The summed E-state index contributed by atoms with van der Waals surface area (Å²) in [6, 6.07) is 10.5. The molecule has 2 aromatic rings. The highest BCUT2D eigenvalue weighted by Crippen LogP contribution is 2.29. The molecular weight excluding hydrogens is 262 g/mol. The van der Waals surface area contributed by atoms with E-state index in [-0.39, 0.29) is 0 Å². The van der Waals surface area contributed by atoms with Crippen molar-refractivity contribution in [1.29, 1.82) is 0 Å². The second-order valence-corrected chi connectivity index (χ2v) is 6.56. The van der Waals surface area contributed by atoms with E-state index in [1.165, 1.54) is 25.7 Å². The van der Waals surface area contributed by atoms with E-state index in [4.69, 9.17) is 4.42 Å². The van der Waals surface area contributed by atoms with Gasteiger partial charge in [-0.3, -0.25) is 0 Å². The number of para-hydroxylation sites is 1. The third kappa shape index (κ3) is 3.30. The summed E-state index contributed by atoms with van der Waals surface area (Å²) in [5.41, 5.74) is 0.848. The average Bonchev–Trinajstić information content (AvgIpc) is 2.92. The molecule has 3 rings (SSSR count). The Hall–Kier alpha value is -1.32. The van der Waals surface area contributed by atoms with Gasteiger partial charge in [0.2, 0.25) is 0 Å². The Morgan fingerprint density at radius 1 is 1.24 bits per heavy atom. The van der Waals surface area contributed by atoms with Crippen molar-refractivity contribution in [1.82, 2.24) is 4.90 Å². The average molecular weight is 287 g/mol. The zero-order valence-electron chi connectivity index (χ0n) is 13.0. The predicted octanol–water partition coefficient (Wildman–Crippen LogP) is 3.98. The van der Waals surface area contributed by atoms with Gasteiger partial charge in [-0.2, -0.15) is 0 Å². The van der Waals surface area contributed by atoms with Gasteiger partial charge >= 0.3 is 0 Å². The lowest BCUT2D eigenvalue weighted by molar-refractivity contribution is 0.0734. The van der Waals surface area contributed by atoms with Crippen LogP contribution in [0.3, 0.4) is 0 Å². The van der Waals surface area contributed by atoms with Crippen LogP contribution in [-0.2, 0) is 0 Å². The van der Waals surface area contributed by atoms with Gasteiger partial charge in [-0.15, -0.1) is 0 Å². The van der Waals surface area contributed by atoms with Crippen LogP contribution in [0.5, 0.6) is 0 Å². The van der Waals surface area contributed by atoms with E-state index >= 15 is 0 Å². The van der Waals surface area contributed by atoms with Crippen LogP contribution in [0.1, 0.15) is 44.5 Å². The fraction of sp³-hybridized carbons (Fsp3) is 0.556. The molecule has 0 bridgehead atoms. The van der Waals surface area contributed by atoms with Gasteiger partial charge in [0, 0.05) is 18.0 Å². The van der Waals surface area contributed by atoms with Gasteiger partial charge in [0.25, 0.3) is 0 Å². The van der Waals surface area contributed by atoms with Crippen LogP contribution in [0, 0.1) is 5.92 Å². The normalized spacial score (nSPS) is 24.6. The molecule has 1 aliphatic carbocycles. The Morgan fingerprint density at radius 2 is 1.95 bits per heavy atom. The Bertz CT molecular complexity index is 551. The number of likely N-dealkylation sites (N-methyl/N-ethyl adjacent to an activating group) is 1. The van der Waals surface area contributed by atoms with Crippen LogP contribution in [0.25, 0.3) is 11.0 Å². The van der Waals surface area contributed by atoms with Crippen molar-refractivity contribution in [3.05, 3.63) is 36.1 Å². The van der Waals surface area contributed by atoms with Crippen LogP contribution >= 0.6 is 0 Å². The van der Waals surface area contributed by atoms with Crippen molar-refractivity contribution < 1.29 is 9.52 Å². The monoisotopic (exact) mass is 287 g/mol. The van der Waals surface area contributed by atoms with Gasteiger partial charge in [0.15, 0.2) is 0 Å². The van der Waals surface area contributed by atoms with E-state index < -0.39 is 6.10 Å². The molecule has 3 nitrogen and oxygen atoms in total. The summed E-state index contributed by atoms with van der Waals surface area (Å²) in [7, 11) is 2.12. The summed E-state index contributed by atoms with van der Waals surface area (Å²) in [5, 5.41) is 11.5. The number of hydrogen-bond donors (Lipinski definition) is 1. The summed E-state index contributed by atoms with van der Waals surface area (Å²) in [5.74, 6) is 1.53. The Labute approximate surface area is 126 Å². The number of aliphatic hydroxyl groups excluding tert-OH is 1. The molecule has 114 valence electrons. The minimum Gasteiger partial charge on any atom is -0.458 e. The SMILES string of the molecule is CC1CCC(N(C)CC(O)c2cc3ccccc3o2)CC1. The van der Waals surface area contributed by atoms with E-state index in [1.807, 2.05) is 30.3 Å². The fourth-order valence-electron chi connectivity index (χ4n) is 3.36. The molecule has 21 heavy (non-hydrogen) atoms. The first-order valence-electron chi connectivity index (χ1n) is 8.00. The van der Waals surface area contributed by atoms with Gasteiger partial charge in [0.1, 0.15) is 17.4 Å². The molecule has 1 saturated carbocycles. The molecule has 3 heteroatoms. The second-order valence-electron chi connectivity index (χ2n) is 6.56. The number of furan rings is 1. The molecule has 1 atom stereocenters. The maximum Gasteiger partial charge on any atom is 0.135 e. The smallest absolute Gasteiger partial charge is 0.135 e. The van der Waals surface area contributed by atoms with Crippen molar-refractivity contribution in [3.63, 3.8) is 0 Å². The topological polar surface area (TPSA) is 36.6 Å². The lowest BCUT2D eigenvalue weighted by Gasteiger charge is -2.34. The first-order valence-corrected chi connectivity index (χ1v) is 8.00. The molecule has 1 aliphatic rings. The number of hydrogen-bond acceptors (Lipinski definition) is 3.